The number of aryl methyl sites for hydroxylation is 1. The fourth-order valence-corrected chi connectivity index (χ4v) is 2.03. The number of methoxy groups -OCH3 is 2. The van der Waals surface area contributed by atoms with E-state index in [1.165, 1.54) is 0 Å². The Kier molecular flexibility index (Phi) is 2.80. The number of ether oxygens (including phenoxy) is 2. The molecule has 2 rings (SSSR count). The van der Waals surface area contributed by atoms with E-state index in [0.717, 1.165) is 35.5 Å². The molecule has 1 aromatic rings. The van der Waals surface area contributed by atoms with E-state index in [0.29, 0.717) is 6.42 Å². The van der Waals surface area contributed by atoms with Gasteiger partial charge in [-0.1, -0.05) is 0 Å². The van der Waals surface area contributed by atoms with Crippen molar-refractivity contribution < 1.29 is 14.6 Å². The van der Waals surface area contributed by atoms with Gasteiger partial charge in [0.2, 0.25) is 0 Å². The van der Waals surface area contributed by atoms with E-state index in [1.807, 2.05) is 19.1 Å². The molecule has 0 aromatic heterocycles. The Bertz CT molecular complexity index is 394. The van der Waals surface area contributed by atoms with Crippen LogP contribution in [0.3, 0.4) is 0 Å². The average molecular weight is 222 g/mol. The van der Waals surface area contributed by atoms with Crippen molar-refractivity contribution in [2.75, 3.05) is 14.2 Å². The molecular formula is C13H18O3. The van der Waals surface area contributed by atoms with Gasteiger partial charge in [0.25, 0.3) is 0 Å². The smallest absolute Gasteiger partial charge is 0.125 e. The van der Waals surface area contributed by atoms with Gasteiger partial charge in [0, 0.05) is 12.0 Å². The summed E-state index contributed by atoms with van der Waals surface area (Å²) in [5.41, 5.74) is 1.56. The van der Waals surface area contributed by atoms with Crippen LogP contribution >= 0.6 is 0 Å². The highest BCUT2D eigenvalue weighted by Gasteiger charge is 2.41. The lowest BCUT2D eigenvalue weighted by molar-refractivity contribution is 0.150. The van der Waals surface area contributed by atoms with Crippen LogP contribution in [0.4, 0.5) is 0 Å². The Hall–Kier alpha value is -1.22. The van der Waals surface area contributed by atoms with Crippen molar-refractivity contribution in [2.45, 2.75) is 31.8 Å². The molecule has 1 aromatic carbocycles. The van der Waals surface area contributed by atoms with Gasteiger partial charge in [-0.05, 0) is 37.5 Å². The number of hydrogen-bond donors (Lipinski definition) is 1. The molecule has 1 fully saturated rings. The predicted octanol–water partition coefficient (Wildman–Crippen LogP) is 2.08. The van der Waals surface area contributed by atoms with Gasteiger partial charge in [-0.15, -0.1) is 0 Å². The van der Waals surface area contributed by atoms with Crippen molar-refractivity contribution >= 4 is 0 Å². The lowest BCUT2D eigenvalue weighted by Gasteiger charge is -2.15. The van der Waals surface area contributed by atoms with Crippen LogP contribution in [0.1, 0.15) is 24.0 Å². The molecule has 0 radical (unpaired) electrons. The molecule has 3 heteroatoms. The first-order chi connectivity index (χ1) is 7.58. The molecule has 0 bridgehead atoms. The van der Waals surface area contributed by atoms with Gasteiger partial charge in [-0.2, -0.15) is 0 Å². The van der Waals surface area contributed by atoms with Gasteiger partial charge < -0.3 is 14.6 Å². The zero-order valence-corrected chi connectivity index (χ0v) is 10.0. The van der Waals surface area contributed by atoms with Crippen LogP contribution in [-0.4, -0.2) is 24.9 Å². The summed E-state index contributed by atoms with van der Waals surface area (Å²) in [4.78, 5) is 0. The molecule has 0 amide bonds. The molecule has 16 heavy (non-hydrogen) atoms. The first-order valence-electron chi connectivity index (χ1n) is 5.52. The van der Waals surface area contributed by atoms with Gasteiger partial charge in [0.1, 0.15) is 11.5 Å². The van der Waals surface area contributed by atoms with Crippen LogP contribution in [0.25, 0.3) is 0 Å². The van der Waals surface area contributed by atoms with Gasteiger partial charge in [-0.25, -0.2) is 0 Å². The van der Waals surface area contributed by atoms with Crippen LogP contribution in [0, 0.1) is 6.92 Å². The Balaban J connectivity index is 2.35. The highest BCUT2D eigenvalue weighted by molar-refractivity contribution is 5.47. The molecule has 0 heterocycles. The van der Waals surface area contributed by atoms with E-state index < -0.39 is 5.60 Å². The molecular weight excluding hydrogens is 204 g/mol. The zero-order valence-electron chi connectivity index (χ0n) is 10.0. The summed E-state index contributed by atoms with van der Waals surface area (Å²) < 4.78 is 10.6. The molecule has 1 aliphatic carbocycles. The molecule has 0 unspecified atom stereocenters. The third-order valence-corrected chi connectivity index (χ3v) is 3.11. The van der Waals surface area contributed by atoms with Crippen LogP contribution in [0.5, 0.6) is 11.5 Å². The molecule has 0 spiro atoms. The van der Waals surface area contributed by atoms with Crippen molar-refractivity contribution in [2.24, 2.45) is 0 Å². The minimum Gasteiger partial charge on any atom is -0.497 e. The molecule has 3 nitrogen and oxygen atoms in total. The number of hydrogen-bond acceptors (Lipinski definition) is 3. The molecule has 1 N–H and O–H groups in total. The van der Waals surface area contributed by atoms with Crippen LogP contribution in [-0.2, 0) is 6.42 Å². The van der Waals surface area contributed by atoms with Gasteiger partial charge in [0.15, 0.2) is 0 Å². The van der Waals surface area contributed by atoms with Crippen molar-refractivity contribution in [3.8, 4) is 11.5 Å². The Morgan fingerprint density at radius 3 is 2.44 bits per heavy atom. The molecule has 0 atom stereocenters. The maximum atomic E-state index is 9.96. The number of aliphatic hydroxyl groups is 1. The average Bonchev–Trinajstić information content (AvgIpc) is 2.95. The van der Waals surface area contributed by atoms with Gasteiger partial charge in [0.05, 0.1) is 19.8 Å². The second-order valence-electron chi connectivity index (χ2n) is 4.54. The highest BCUT2D eigenvalue weighted by atomic mass is 16.5. The Morgan fingerprint density at radius 1 is 1.25 bits per heavy atom. The first-order valence-corrected chi connectivity index (χ1v) is 5.52. The third kappa shape index (κ3) is 2.14. The summed E-state index contributed by atoms with van der Waals surface area (Å²) in [5, 5.41) is 9.96. The molecule has 1 aliphatic rings. The fourth-order valence-electron chi connectivity index (χ4n) is 2.03. The van der Waals surface area contributed by atoms with Crippen molar-refractivity contribution in [3.63, 3.8) is 0 Å². The van der Waals surface area contributed by atoms with E-state index >= 15 is 0 Å². The van der Waals surface area contributed by atoms with Gasteiger partial charge >= 0.3 is 0 Å². The second-order valence-corrected chi connectivity index (χ2v) is 4.54. The first kappa shape index (κ1) is 11.3. The van der Waals surface area contributed by atoms with Gasteiger partial charge in [-0.3, -0.25) is 0 Å². The fraction of sp³-hybridized carbons (Fsp3) is 0.538. The summed E-state index contributed by atoms with van der Waals surface area (Å²) in [6.07, 6.45) is 2.41. The highest BCUT2D eigenvalue weighted by Crippen LogP contribution is 2.41. The Morgan fingerprint density at radius 2 is 1.94 bits per heavy atom. The quantitative estimate of drug-likeness (QED) is 0.847. The summed E-state index contributed by atoms with van der Waals surface area (Å²) >= 11 is 0. The minimum atomic E-state index is -0.508. The molecule has 0 aliphatic heterocycles. The van der Waals surface area contributed by atoms with E-state index in [9.17, 15) is 5.11 Å². The van der Waals surface area contributed by atoms with Crippen LogP contribution in [0.15, 0.2) is 12.1 Å². The molecule has 1 saturated carbocycles. The monoisotopic (exact) mass is 222 g/mol. The van der Waals surface area contributed by atoms with E-state index in [1.54, 1.807) is 14.2 Å². The second kappa shape index (κ2) is 3.98. The van der Waals surface area contributed by atoms with Crippen molar-refractivity contribution in [1.82, 2.24) is 0 Å². The standard InChI is InChI=1S/C13H18O3/c1-9-6-11(15-2)7-10(12(9)16-3)8-13(14)4-5-13/h6-7,14H,4-5,8H2,1-3H3. The van der Waals surface area contributed by atoms with Crippen molar-refractivity contribution in [1.29, 1.82) is 0 Å². The number of rotatable bonds is 4. The summed E-state index contributed by atoms with van der Waals surface area (Å²) in [5.74, 6) is 1.68. The largest absolute Gasteiger partial charge is 0.497 e. The zero-order chi connectivity index (χ0) is 11.8. The molecule has 0 saturated heterocycles. The molecule has 88 valence electrons. The predicted molar refractivity (Wildman–Crippen MR) is 62.2 cm³/mol. The van der Waals surface area contributed by atoms with E-state index in [2.05, 4.69) is 0 Å². The summed E-state index contributed by atoms with van der Waals surface area (Å²) in [6.45, 7) is 1.99. The number of benzene rings is 1. The summed E-state index contributed by atoms with van der Waals surface area (Å²) in [6, 6.07) is 3.89. The maximum Gasteiger partial charge on any atom is 0.125 e. The summed E-state index contributed by atoms with van der Waals surface area (Å²) in [7, 11) is 3.31. The lowest BCUT2D eigenvalue weighted by Crippen LogP contribution is -2.12. The lowest BCUT2D eigenvalue weighted by atomic mass is 10.0. The van der Waals surface area contributed by atoms with Crippen LogP contribution < -0.4 is 9.47 Å². The third-order valence-electron chi connectivity index (χ3n) is 3.11. The van der Waals surface area contributed by atoms with E-state index in [4.69, 9.17) is 9.47 Å². The Labute approximate surface area is 96.0 Å². The van der Waals surface area contributed by atoms with E-state index in [-0.39, 0.29) is 0 Å². The van der Waals surface area contributed by atoms with Crippen molar-refractivity contribution in [3.05, 3.63) is 23.3 Å². The van der Waals surface area contributed by atoms with Crippen LogP contribution in [0.2, 0.25) is 0 Å². The maximum absolute atomic E-state index is 9.96. The topological polar surface area (TPSA) is 38.7 Å². The normalized spacial score (nSPS) is 17.0. The SMILES string of the molecule is COc1cc(C)c(OC)c(CC2(O)CC2)c1. The minimum absolute atomic E-state index is 0.508.